The number of amidine groups is 1. The van der Waals surface area contributed by atoms with E-state index in [1.165, 1.54) is 8.96 Å². The molecule has 0 radical (unpaired) electrons. The summed E-state index contributed by atoms with van der Waals surface area (Å²) < 4.78 is 37.8. The second kappa shape index (κ2) is 8.34. The summed E-state index contributed by atoms with van der Waals surface area (Å²) in [5, 5.41) is 5.35. The zero-order valence-corrected chi connectivity index (χ0v) is 22.4. The Hall–Kier alpha value is -5.36. The van der Waals surface area contributed by atoms with E-state index >= 15 is 8.63 Å². The molecule has 9 rings (SSSR count). The van der Waals surface area contributed by atoms with Gasteiger partial charge in [0, 0.05) is 22.2 Å². The highest BCUT2D eigenvalue weighted by atomic mass is 19.2. The summed E-state index contributed by atoms with van der Waals surface area (Å²) in [4.78, 5) is 5.17. The van der Waals surface area contributed by atoms with Gasteiger partial charge in [-0.1, -0.05) is 121 Å². The van der Waals surface area contributed by atoms with Crippen LogP contribution in [0.25, 0.3) is 43.6 Å². The van der Waals surface area contributed by atoms with Gasteiger partial charge < -0.3 is 17.6 Å². The topological polar surface area (TPSA) is 20.3 Å². The molecule has 1 aromatic heterocycles. The third kappa shape index (κ3) is 2.98. The lowest BCUT2D eigenvalue weighted by Crippen LogP contribution is -2.52. The predicted molar refractivity (Wildman–Crippen MR) is 168 cm³/mol. The average Bonchev–Trinajstić information content (AvgIpc) is 3.57. The van der Waals surface area contributed by atoms with Gasteiger partial charge in [0.2, 0.25) is 5.82 Å². The zero-order valence-electron chi connectivity index (χ0n) is 22.4. The molecule has 0 fully saturated rings. The highest BCUT2D eigenvalue weighted by Gasteiger charge is 2.54. The Kier molecular flexibility index (Phi) is 4.64. The molecule has 6 heteroatoms. The maximum atomic E-state index is 17.7. The lowest BCUT2D eigenvalue weighted by Gasteiger charge is -2.31. The normalized spacial score (nSPS) is 15.1. The molecule has 42 heavy (non-hydrogen) atoms. The quantitative estimate of drug-likeness (QED) is 0.194. The van der Waals surface area contributed by atoms with Crippen molar-refractivity contribution in [2.75, 3.05) is 0 Å². The average molecular weight is 545 g/mol. The number of hydrogen-bond donors (Lipinski definition) is 0. The number of nitrogens with zero attached hydrogens (tertiary/aromatic N) is 3. The Morgan fingerprint density at radius 1 is 0.571 bits per heavy atom. The molecule has 0 saturated carbocycles. The monoisotopic (exact) mass is 545 g/mol. The van der Waals surface area contributed by atoms with Crippen LogP contribution in [-0.2, 0) is 0 Å². The van der Waals surface area contributed by atoms with E-state index in [0.29, 0.717) is 23.1 Å². The molecule has 2 aliphatic rings. The van der Waals surface area contributed by atoms with Crippen molar-refractivity contribution in [2.45, 2.75) is 0 Å². The van der Waals surface area contributed by atoms with Crippen molar-refractivity contribution in [2.24, 2.45) is 4.99 Å². The van der Waals surface area contributed by atoms with Gasteiger partial charge in [-0.15, -0.1) is 0 Å². The summed E-state index contributed by atoms with van der Waals surface area (Å²) in [5.74, 6) is 0.587. The van der Waals surface area contributed by atoms with E-state index in [1.54, 1.807) is 0 Å². The smallest absolute Gasteiger partial charge is 0.414 e. The number of aromatic nitrogens is 1. The van der Waals surface area contributed by atoms with E-state index in [4.69, 9.17) is 4.99 Å². The molecule has 0 bridgehead atoms. The van der Waals surface area contributed by atoms with Crippen LogP contribution in [0.2, 0.25) is 0 Å². The molecule has 0 unspecified atom stereocenters. The highest BCUT2D eigenvalue weighted by Crippen LogP contribution is 2.48. The lowest BCUT2D eigenvalue weighted by molar-refractivity contribution is -0.292. The Labute approximate surface area is 240 Å². The molecular formula is C36H22BF2N3. The predicted octanol–water partition coefficient (Wildman–Crippen LogP) is 8.79. The molecule has 0 aliphatic carbocycles. The number of benzene rings is 6. The third-order valence-corrected chi connectivity index (χ3v) is 8.68. The van der Waals surface area contributed by atoms with Crippen LogP contribution in [0.5, 0.6) is 0 Å². The fourth-order valence-corrected chi connectivity index (χ4v) is 6.95. The number of halogens is 2. The van der Waals surface area contributed by atoms with E-state index in [2.05, 4.69) is 0 Å². The SMILES string of the molecule is F[B-]1(F)n2c(c3ccc4ccccc4c3c2-c2ccccc2)N=C2c3c(ccc4ccccc34)C(c3ccccc3)=[N+]21. The molecule has 0 spiro atoms. The second-order valence-corrected chi connectivity index (χ2v) is 10.9. The molecule has 7 aromatic rings. The molecule has 0 atom stereocenters. The first kappa shape index (κ1) is 23.4. The van der Waals surface area contributed by atoms with Crippen molar-refractivity contribution in [3.05, 3.63) is 150 Å². The maximum Gasteiger partial charge on any atom is 0.642 e. The first-order chi connectivity index (χ1) is 20.6. The van der Waals surface area contributed by atoms with Gasteiger partial charge in [-0.3, -0.25) is 0 Å². The van der Waals surface area contributed by atoms with E-state index in [-0.39, 0.29) is 0 Å². The van der Waals surface area contributed by atoms with Crippen molar-refractivity contribution in [1.29, 1.82) is 0 Å². The van der Waals surface area contributed by atoms with Crippen molar-refractivity contribution in [3.8, 4) is 11.3 Å². The molecule has 0 amide bonds. The Bertz CT molecular complexity index is 2320. The van der Waals surface area contributed by atoms with Crippen LogP contribution in [0.4, 0.5) is 14.4 Å². The summed E-state index contributed by atoms with van der Waals surface area (Å²) in [6, 6.07) is 42.9. The first-order valence-electron chi connectivity index (χ1n) is 14.1. The van der Waals surface area contributed by atoms with Gasteiger partial charge in [-0.25, -0.2) is 0 Å². The summed E-state index contributed by atoms with van der Waals surface area (Å²) in [6.07, 6.45) is 0. The van der Waals surface area contributed by atoms with Crippen molar-refractivity contribution in [3.63, 3.8) is 0 Å². The van der Waals surface area contributed by atoms with Crippen LogP contribution in [0.1, 0.15) is 16.7 Å². The molecule has 198 valence electrons. The summed E-state index contributed by atoms with van der Waals surface area (Å²) in [6.45, 7) is -4.38. The summed E-state index contributed by atoms with van der Waals surface area (Å²) >= 11 is 0. The summed E-state index contributed by atoms with van der Waals surface area (Å²) in [7, 11) is 0. The van der Waals surface area contributed by atoms with Gasteiger partial charge in [0.1, 0.15) is 5.71 Å². The van der Waals surface area contributed by atoms with E-state index < -0.39 is 6.97 Å². The minimum atomic E-state index is -4.38. The van der Waals surface area contributed by atoms with Gasteiger partial charge in [0.25, 0.3) is 5.84 Å². The van der Waals surface area contributed by atoms with E-state index in [9.17, 15) is 0 Å². The second-order valence-electron chi connectivity index (χ2n) is 10.9. The number of rotatable bonds is 2. The van der Waals surface area contributed by atoms with Crippen molar-refractivity contribution in [1.82, 2.24) is 4.48 Å². The van der Waals surface area contributed by atoms with Crippen LogP contribution in [0.3, 0.4) is 0 Å². The number of fused-ring (bicyclic) bond motifs is 10. The van der Waals surface area contributed by atoms with E-state index in [0.717, 1.165) is 54.6 Å². The number of hydrogen-bond acceptors (Lipinski definition) is 1. The first-order valence-corrected chi connectivity index (χ1v) is 14.1. The Morgan fingerprint density at radius 3 is 1.90 bits per heavy atom. The van der Waals surface area contributed by atoms with Gasteiger partial charge in [0.15, 0.2) is 0 Å². The maximum absolute atomic E-state index is 17.7. The van der Waals surface area contributed by atoms with E-state index in [1.807, 2.05) is 133 Å². The van der Waals surface area contributed by atoms with Gasteiger partial charge >= 0.3 is 6.97 Å². The molecule has 6 aromatic carbocycles. The van der Waals surface area contributed by atoms with Crippen LogP contribution < -0.4 is 0 Å². The largest absolute Gasteiger partial charge is 0.642 e. The summed E-state index contributed by atoms with van der Waals surface area (Å²) in [5.41, 5.74) is 3.94. The van der Waals surface area contributed by atoms with Crippen LogP contribution in [-0.4, -0.2) is 27.5 Å². The minimum absolute atomic E-state index is 0.291. The van der Waals surface area contributed by atoms with Crippen molar-refractivity contribution >= 4 is 56.7 Å². The van der Waals surface area contributed by atoms with Crippen LogP contribution in [0, 0.1) is 0 Å². The Morgan fingerprint density at radius 2 is 1.17 bits per heavy atom. The minimum Gasteiger partial charge on any atom is -0.414 e. The number of aliphatic imine (C=N–C) groups is 1. The van der Waals surface area contributed by atoms with Crippen LogP contribution in [0.15, 0.2) is 138 Å². The van der Waals surface area contributed by atoms with Gasteiger partial charge in [-0.05, 0) is 44.2 Å². The fourth-order valence-electron chi connectivity index (χ4n) is 6.95. The lowest BCUT2D eigenvalue weighted by atomic mass is 9.91. The highest BCUT2D eigenvalue weighted by molar-refractivity contribution is 6.63. The molecule has 0 saturated heterocycles. The molecular weight excluding hydrogens is 523 g/mol. The third-order valence-electron chi connectivity index (χ3n) is 8.68. The molecule has 2 aliphatic heterocycles. The molecule has 3 nitrogen and oxygen atoms in total. The zero-order chi connectivity index (χ0) is 28.0. The van der Waals surface area contributed by atoms with Crippen LogP contribution >= 0.6 is 0 Å². The standard InChI is InChI=1S/C36H22BF2N3/c38-37(39)41-33(25-13-3-1-4-14-25)29-21-19-24-12-8-10-18-28(24)32(29)36(41)40-35-30-22-20-23-11-7-9-17-27(23)31(30)34(42(35)37)26-15-5-2-6-16-26/h1-22H. The fraction of sp³-hybridized carbons (Fsp3) is 0. The van der Waals surface area contributed by atoms with Crippen molar-refractivity contribution < 1.29 is 13.1 Å². The van der Waals surface area contributed by atoms with Gasteiger partial charge in [-0.2, -0.15) is 0 Å². The van der Waals surface area contributed by atoms with Gasteiger partial charge in [0.05, 0.1) is 10.9 Å². The molecule has 3 heterocycles. The Balaban J connectivity index is 1.50. The molecule has 0 N–H and O–H groups in total.